The molecular formula is C19H19F2N5OS. The van der Waals surface area contributed by atoms with Crippen LogP contribution in [0.1, 0.15) is 20.8 Å². The number of thioether (sulfide) groups is 1. The van der Waals surface area contributed by atoms with Crippen molar-refractivity contribution in [2.45, 2.75) is 37.2 Å². The van der Waals surface area contributed by atoms with Gasteiger partial charge in [-0.3, -0.25) is 4.79 Å². The molecule has 3 rings (SSSR count). The quantitative estimate of drug-likeness (QED) is 0.495. The first-order valence-electron chi connectivity index (χ1n) is 8.62. The van der Waals surface area contributed by atoms with Gasteiger partial charge in [-0.25, -0.2) is 0 Å². The van der Waals surface area contributed by atoms with Crippen LogP contribution in [0.4, 0.5) is 14.5 Å². The Labute approximate surface area is 165 Å². The number of halogens is 2. The fraction of sp³-hybridized carbons (Fsp3) is 0.263. The van der Waals surface area contributed by atoms with Gasteiger partial charge in [-0.2, -0.15) is 13.8 Å². The van der Waals surface area contributed by atoms with Crippen LogP contribution in [0.15, 0.2) is 47.6 Å². The van der Waals surface area contributed by atoms with Gasteiger partial charge in [-0.05, 0) is 32.9 Å². The number of anilines is 1. The lowest BCUT2D eigenvalue weighted by Crippen LogP contribution is -2.34. The van der Waals surface area contributed by atoms with Gasteiger partial charge in [0.25, 0.3) is 0 Å². The molecule has 0 radical (unpaired) electrons. The van der Waals surface area contributed by atoms with Crippen LogP contribution in [0.2, 0.25) is 0 Å². The Bertz CT molecular complexity index is 971. The second-order valence-electron chi connectivity index (χ2n) is 6.48. The SMILES string of the molecule is CCn1c(SC(C)(C)C(=O)Nc2ccccc2)nnc1-c1cc(F)nc(F)c1. The Morgan fingerprint density at radius 3 is 2.39 bits per heavy atom. The van der Waals surface area contributed by atoms with Crippen molar-refractivity contribution < 1.29 is 13.6 Å². The molecule has 0 fully saturated rings. The molecule has 1 amide bonds. The number of amides is 1. The van der Waals surface area contributed by atoms with Gasteiger partial charge in [-0.1, -0.05) is 30.0 Å². The highest BCUT2D eigenvalue weighted by molar-refractivity contribution is 8.01. The average Bonchev–Trinajstić information content (AvgIpc) is 3.03. The van der Waals surface area contributed by atoms with Gasteiger partial charge < -0.3 is 9.88 Å². The lowest BCUT2D eigenvalue weighted by atomic mass is 10.2. The molecule has 3 aromatic rings. The minimum atomic E-state index is -0.933. The molecule has 146 valence electrons. The van der Waals surface area contributed by atoms with Gasteiger partial charge in [0, 0.05) is 29.9 Å². The van der Waals surface area contributed by atoms with Crippen LogP contribution in [0.25, 0.3) is 11.4 Å². The van der Waals surface area contributed by atoms with E-state index in [9.17, 15) is 13.6 Å². The van der Waals surface area contributed by atoms with E-state index in [1.807, 2.05) is 25.1 Å². The van der Waals surface area contributed by atoms with Gasteiger partial charge in [0.1, 0.15) is 0 Å². The van der Waals surface area contributed by atoms with E-state index in [-0.39, 0.29) is 11.5 Å². The molecular weight excluding hydrogens is 384 g/mol. The van der Waals surface area contributed by atoms with Crippen molar-refractivity contribution in [2.24, 2.45) is 0 Å². The number of rotatable bonds is 6. The van der Waals surface area contributed by atoms with Crippen molar-refractivity contribution in [3.8, 4) is 11.4 Å². The third-order valence-electron chi connectivity index (χ3n) is 3.98. The van der Waals surface area contributed by atoms with Crippen molar-refractivity contribution >= 4 is 23.4 Å². The molecule has 1 aromatic carbocycles. The standard InChI is InChI=1S/C19H19F2N5OS/c1-4-26-16(12-10-14(20)23-15(21)11-12)24-25-18(26)28-19(2,3)17(27)22-13-8-6-5-7-9-13/h5-11H,4H2,1-3H3,(H,22,27). The number of aromatic nitrogens is 4. The molecule has 0 aliphatic carbocycles. The molecule has 0 atom stereocenters. The Morgan fingerprint density at radius 2 is 1.79 bits per heavy atom. The third-order valence-corrected chi connectivity index (χ3v) is 5.16. The molecule has 0 bridgehead atoms. The largest absolute Gasteiger partial charge is 0.325 e. The van der Waals surface area contributed by atoms with Crippen molar-refractivity contribution in [1.82, 2.24) is 19.7 Å². The highest BCUT2D eigenvalue weighted by Crippen LogP contribution is 2.34. The summed E-state index contributed by atoms with van der Waals surface area (Å²) in [5, 5.41) is 11.5. The van der Waals surface area contributed by atoms with Crippen LogP contribution >= 0.6 is 11.8 Å². The summed E-state index contributed by atoms with van der Waals surface area (Å²) in [5.74, 6) is -1.75. The summed E-state index contributed by atoms with van der Waals surface area (Å²) in [6.07, 6.45) is 0. The zero-order valence-corrected chi connectivity index (χ0v) is 16.4. The van der Waals surface area contributed by atoms with Crippen LogP contribution in [0.3, 0.4) is 0 Å². The smallest absolute Gasteiger partial charge is 0.240 e. The first-order valence-corrected chi connectivity index (χ1v) is 9.44. The molecule has 1 N–H and O–H groups in total. The van der Waals surface area contributed by atoms with Gasteiger partial charge in [-0.15, -0.1) is 10.2 Å². The Morgan fingerprint density at radius 1 is 1.14 bits per heavy atom. The molecule has 9 heteroatoms. The van der Waals surface area contributed by atoms with Gasteiger partial charge in [0.2, 0.25) is 17.8 Å². The van der Waals surface area contributed by atoms with E-state index in [0.29, 0.717) is 23.2 Å². The summed E-state index contributed by atoms with van der Waals surface area (Å²) in [6.45, 7) is 5.88. The van der Waals surface area contributed by atoms with Crippen LogP contribution in [0.5, 0.6) is 0 Å². The maximum absolute atomic E-state index is 13.5. The second kappa shape index (κ2) is 8.05. The zero-order valence-electron chi connectivity index (χ0n) is 15.6. The molecule has 6 nitrogen and oxygen atoms in total. The average molecular weight is 403 g/mol. The fourth-order valence-corrected chi connectivity index (χ4v) is 3.54. The number of carbonyl (C=O) groups is 1. The number of nitrogens with zero attached hydrogens (tertiary/aromatic N) is 4. The van der Waals surface area contributed by atoms with Gasteiger partial charge in [0.15, 0.2) is 11.0 Å². The molecule has 2 aromatic heterocycles. The Balaban J connectivity index is 1.85. The molecule has 2 heterocycles. The fourth-order valence-electron chi connectivity index (χ4n) is 2.53. The van der Waals surface area contributed by atoms with Gasteiger partial charge >= 0.3 is 0 Å². The molecule has 28 heavy (non-hydrogen) atoms. The maximum atomic E-state index is 13.5. The molecule has 0 unspecified atom stereocenters. The summed E-state index contributed by atoms with van der Waals surface area (Å²) < 4.78 is 27.8. The monoisotopic (exact) mass is 403 g/mol. The van der Waals surface area contributed by atoms with Gasteiger partial charge in [0.05, 0.1) is 4.75 Å². The Hall–Kier alpha value is -2.81. The zero-order chi connectivity index (χ0) is 20.3. The predicted octanol–water partition coefficient (Wildman–Crippen LogP) is 4.15. The van der Waals surface area contributed by atoms with Crippen molar-refractivity contribution in [2.75, 3.05) is 5.32 Å². The minimum absolute atomic E-state index is 0.197. The van der Waals surface area contributed by atoms with Crippen LogP contribution in [0, 0.1) is 11.9 Å². The van der Waals surface area contributed by atoms with Crippen LogP contribution in [-0.2, 0) is 11.3 Å². The normalized spacial score (nSPS) is 11.5. The molecule has 0 saturated heterocycles. The first kappa shape index (κ1) is 19.9. The molecule has 0 spiro atoms. The summed E-state index contributed by atoms with van der Waals surface area (Å²) in [7, 11) is 0. The van der Waals surface area contributed by atoms with E-state index in [1.165, 1.54) is 11.8 Å². The predicted molar refractivity (Wildman–Crippen MR) is 104 cm³/mol. The lowest BCUT2D eigenvalue weighted by Gasteiger charge is -2.22. The van der Waals surface area contributed by atoms with E-state index < -0.39 is 16.6 Å². The number of benzene rings is 1. The Kier molecular flexibility index (Phi) is 5.73. The number of para-hydroxylation sites is 1. The van der Waals surface area contributed by atoms with Crippen LogP contribution < -0.4 is 5.32 Å². The third kappa shape index (κ3) is 4.36. The summed E-state index contributed by atoms with van der Waals surface area (Å²) in [6, 6.07) is 11.3. The van der Waals surface area contributed by atoms with Crippen molar-refractivity contribution in [3.05, 3.63) is 54.4 Å². The van der Waals surface area contributed by atoms with E-state index in [1.54, 1.807) is 30.5 Å². The maximum Gasteiger partial charge on any atom is 0.240 e. The molecule has 0 aliphatic heterocycles. The number of hydrogen-bond donors (Lipinski definition) is 1. The number of carbonyl (C=O) groups excluding carboxylic acids is 1. The highest BCUT2D eigenvalue weighted by atomic mass is 32.2. The molecule has 0 saturated carbocycles. The van der Waals surface area contributed by atoms with E-state index >= 15 is 0 Å². The first-order chi connectivity index (χ1) is 13.3. The van der Waals surface area contributed by atoms with E-state index in [0.717, 1.165) is 12.1 Å². The van der Waals surface area contributed by atoms with Crippen LogP contribution in [-0.4, -0.2) is 30.4 Å². The lowest BCUT2D eigenvalue weighted by molar-refractivity contribution is -0.117. The summed E-state index contributed by atoms with van der Waals surface area (Å²) in [5.41, 5.74) is 0.930. The number of pyridine rings is 1. The summed E-state index contributed by atoms with van der Waals surface area (Å²) in [4.78, 5) is 15.8. The number of nitrogens with one attached hydrogen (secondary N) is 1. The van der Waals surface area contributed by atoms with Crippen molar-refractivity contribution in [3.63, 3.8) is 0 Å². The topological polar surface area (TPSA) is 72.7 Å². The molecule has 0 aliphatic rings. The second-order valence-corrected chi connectivity index (χ2v) is 8.07. The van der Waals surface area contributed by atoms with Crippen molar-refractivity contribution in [1.29, 1.82) is 0 Å². The summed E-state index contributed by atoms with van der Waals surface area (Å²) >= 11 is 1.22. The minimum Gasteiger partial charge on any atom is -0.325 e. The highest BCUT2D eigenvalue weighted by Gasteiger charge is 2.32. The van der Waals surface area contributed by atoms with E-state index in [2.05, 4.69) is 20.5 Å². The van der Waals surface area contributed by atoms with E-state index in [4.69, 9.17) is 0 Å². The number of hydrogen-bond acceptors (Lipinski definition) is 5.